The molecule has 1 aliphatic heterocycles. The summed E-state index contributed by atoms with van der Waals surface area (Å²) in [5.41, 5.74) is 0.944. The lowest BCUT2D eigenvalue weighted by Gasteiger charge is -2.71. The Balaban J connectivity index is 1.21. The van der Waals surface area contributed by atoms with Gasteiger partial charge in [0.15, 0.2) is 5.78 Å². The van der Waals surface area contributed by atoms with Crippen molar-refractivity contribution in [3.8, 4) is 0 Å². The van der Waals surface area contributed by atoms with Gasteiger partial charge in [-0.2, -0.15) is 0 Å². The van der Waals surface area contributed by atoms with Gasteiger partial charge in [0.25, 0.3) is 0 Å². The molecule has 1 heterocycles. The predicted molar refractivity (Wildman–Crippen MR) is 161 cm³/mol. The van der Waals surface area contributed by atoms with Crippen molar-refractivity contribution in [2.45, 2.75) is 109 Å². The van der Waals surface area contributed by atoms with E-state index in [9.17, 15) is 14.7 Å². The molecular weight excluding hydrogens is 522 g/mol. The van der Waals surface area contributed by atoms with E-state index >= 15 is 0 Å². The highest BCUT2D eigenvalue weighted by Gasteiger charge is 2.76. The second-order valence-electron chi connectivity index (χ2n) is 15.7. The van der Waals surface area contributed by atoms with Crippen molar-refractivity contribution in [3.05, 3.63) is 59.7 Å². The van der Waals surface area contributed by atoms with Crippen LogP contribution in [0.25, 0.3) is 0 Å². The lowest BCUT2D eigenvalue weighted by molar-refractivity contribution is -0.169. The van der Waals surface area contributed by atoms with Crippen molar-refractivity contribution in [2.24, 2.45) is 39.4 Å². The van der Waals surface area contributed by atoms with Crippen LogP contribution in [0.1, 0.15) is 96.5 Å². The van der Waals surface area contributed by atoms with Gasteiger partial charge in [0, 0.05) is 34.3 Å². The number of nitrogens with zero attached hydrogens (tertiary/aromatic N) is 1. The number of carbonyl (C=O) groups excluding carboxylic acids is 2. The van der Waals surface area contributed by atoms with Crippen LogP contribution < -0.4 is 0 Å². The van der Waals surface area contributed by atoms with Crippen molar-refractivity contribution in [1.29, 1.82) is 0 Å². The lowest BCUT2D eigenvalue weighted by atomic mass is 9.32. The van der Waals surface area contributed by atoms with E-state index in [-0.39, 0.29) is 45.7 Å². The summed E-state index contributed by atoms with van der Waals surface area (Å²) in [6.45, 7) is 6.07. The minimum Gasteiger partial charge on any atom is -0.440 e. The van der Waals surface area contributed by atoms with Crippen LogP contribution in [-0.2, 0) is 16.1 Å². The number of ether oxygens (including phenoxy) is 1. The van der Waals surface area contributed by atoms with Gasteiger partial charge in [-0.05, 0) is 80.6 Å². The molecular formula is C37H47NO4. The van der Waals surface area contributed by atoms with Crippen LogP contribution in [0.5, 0.6) is 0 Å². The number of aliphatic hydroxyl groups is 1. The Morgan fingerprint density at radius 1 is 0.929 bits per heavy atom. The summed E-state index contributed by atoms with van der Waals surface area (Å²) in [7, 11) is 0. The SMILES string of the molecule is C[C@]12CC[C@H]3[C@@]4(C=C[C@@]5(C=C4C(=O)C4CCCCC4)C[C@@H](O)CC[C@]35C)[C@@H]1CC[C@@]21CN(Cc2ccccc2)C(=O)O1. The van der Waals surface area contributed by atoms with Crippen LogP contribution in [0.15, 0.2) is 54.1 Å². The molecule has 8 atom stereocenters. The standard InChI is InChI=1S/C37H47NO4/c1-33-16-13-27(39)21-35(33)19-20-37(28(22-35)31(40)26-11-7-4-8-12-26)29(33)14-17-34(2)30(37)15-18-36(34)24-38(32(41)42-36)23-25-9-5-3-6-10-25/h3,5-6,9-10,19-20,22,26-27,29-30,39H,4,7-8,11-18,21,23-24H2,1-2H3/t27-,29+,30+,33+,34-,35-,36+,37-/m0/s1. The van der Waals surface area contributed by atoms with Gasteiger partial charge in [-0.1, -0.05) is 81.7 Å². The maximum Gasteiger partial charge on any atom is 0.410 e. The smallest absolute Gasteiger partial charge is 0.410 e. The van der Waals surface area contributed by atoms with Gasteiger partial charge in [0.1, 0.15) is 5.60 Å². The van der Waals surface area contributed by atoms with E-state index in [1.807, 2.05) is 23.1 Å². The zero-order chi connectivity index (χ0) is 29.0. The first-order chi connectivity index (χ1) is 20.2. The molecule has 1 amide bonds. The lowest BCUT2D eigenvalue weighted by Crippen LogP contribution is -2.67. The third kappa shape index (κ3) is 3.35. The molecule has 5 fully saturated rings. The van der Waals surface area contributed by atoms with Crippen molar-refractivity contribution >= 4 is 11.9 Å². The minimum atomic E-state index is -0.522. The average Bonchev–Trinajstić information content (AvgIpc) is 3.47. The highest BCUT2D eigenvalue weighted by molar-refractivity contribution is 6.00. The van der Waals surface area contributed by atoms with Gasteiger partial charge in [0.05, 0.1) is 12.6 Å². The fourth-order valence-electron chi connectivity index (χ4n) is 11.9. The zero-order valence-corrected chi connectivity index (χ0v) is 25.4. The molecule has 1 saturated heterocycles. The number of aliphatic hydroxyl groups excluding tert-OH is 1. The largest absolute Gasteiger partial charge is 0.440 e. The number of ketones is 1. The number of Topliss-reactive ketones (excluding diaryl/α,β-unsaturated/α-hetero) is 1. The summed E-state index contributed by atoms with van der Waals surface area (Å²) in [6.07, 6.45) is 18.8. The number of benzene rings is 1. The Hall–Kier alpha value is -2.40. The molecule has 8 aliphatic rings. The van der Waals surface area contributed by atoms with Crippen LogP contribution in [-0.4, -0.2) is 40.1 Å². The summed E-state index contributed by atoms with van der Waals surface area (Å²) < 4.78 is 6.53. The van der Waals surface area contributed by atoms with Crippen LogP contribution in [0.4, 0.5) is 4.79 Å². The fraction of sp³-hybridized carbons (Fsp3) is 0.676. The van der Waals surface area contributed by atoms with E-state index in [2.05, 4.69) is 44.2 Å². The Morgan fingerprint density at radius 3 is 2.43 bits per heavy atom. The Kier molecular flexibility index (Phi) is 5.86. The zero-order valence-electron chi connectivity index (χ0n) is 25.4. The topological polar surface area (TPSA) is 66.8 Å². The molecule has 0 radical (unpaired) electrons. The van der Waals surface area contributed by atoms with Crippen molar-refractivity contribution in [2.75, 3.05) is 6.54 Å². The number of rotatable bonds is 4. The first kappa shape index (κ1) is 27.2. The highest BCUT2D eigenvalue weighted by atomic mass is 16.6. The predicted octanol–water partition coefficient (Wildman–Crippen LogP) is 7.39. The van der Waals surface area contributed by atoms with E-state index in [1.54, 1.807) is 0 Å². The van der Waals surface area contributed by atoms with Gasteiger partial charge < -0.3 is 9.84 Å². The van der Waals surface area contributed by atoms with Gasteiger partial charge in [-0.15, -0.1) is 0 Å². The summed E-state index contributed by atoms with van der Waals surface area (Å²) in [5.74, 6) is 1.15. The molecule has 3 spiro atoms. The third-order valence-electron chi connectivity index (χ3n) is 14.1. The molecule has 5 nitrogen and oxygen atoms in total. The molecule has 42 heavy (non-hydrogen) atoms. The first-order valence-electron chi connectivity index (χ1n) is 16.8. The van der Waals surface area contributed by atoms with Crippen LogP contribution in [0.2, 0.25) is 0 Å². The molecule has 4 saturated carbocycles. The minimum absolute atomic E-state index is 0.0279. The number of allylic oxidation sites excluding steroid dienone is 4. The molecule has 9 rings (SSSR count). The number of hydrogen-bond donors (Lipinski definition) is 1. The normalized spacial score (nSPS) is 45.8. The van der Waals surface area contributed by atoms with Gasteiger partial charge in [-0.25, -0.2) is 4.79 Å². The highest BCUT2D eigenvalue weighted by Crippen LogP contribution is 2.79. The maximum absolute atomic E-state index is 14.7. The molecule has 5 heteroatoms. The van der Waals surface area contributed by atoms with Gasteiger partial charge in [-0.3, -0.25) is 9.69 Å². The van der Waals surface area contributed by atoms with E-state index in [0.29, 0.717) is 24.8 Å². The quantitative estimate of drug-likeness (QED) is 0.384. The van der Waals surface area contributed by atoms with E-state index in [4.69, 9.17) is 4.74 Å². The molecule has 2 bridgehead atoms. The van der Waals surface area contributed by atoms with Crippen molar-refractivity contribution in [1.82, 2.24) is 4.90 Å². The average molecular weight is 570 g/mol. The van der Waals surface area contributed by atoms with E-state index in [1.165, 1.54) is 6.42 Å². The van der Waals surface area contributed by atoms with Crippen molar-refractivity contribution < 1.29 is 19.4 Å². The molecule has 1 N–H and O–H groups in total. The number of carbonyl (C=O) groups is 2. The van der Waals surface area contributed by atoms with E-state index in [0.717, 1.165) is 81.8 Å². The van der Waals surface area contributed by atoms with Gasteiger partial charge in [0.2, 0.25) is 0 Å². The molecule has 224 valence electrons. The first-order valence-corrected chi connectivity index (χ1v) is 16.8. The van der Waals surface area contributed by atoms with E-state index < -0.39 is 5.60 Å². The molecule has 1 aromatic rings. The fourth-order valence-corrected chi connectivity index (χ4v) is 11.9. The third-order valence-corrected chi connectivity index (χ3v) is 14.1. The summed E-state index contributed by atoms with van der Waals surface area (Å²) in [5, 5.41) is 10.9. The number of hydrogen-bond acceptors (Lipinski definition) is 4. The van der Waals surface area contributed by atoms with Crippen molar-refractivity contribution in [3.63, 3.8) is 0 Å². The second-order valence-corrected chi connectivity index (χ2v) is 15.7. The van der Waals surface area contributed by atoms with Crippen LogP contribution >= 0.6 is 0 Å². The maximum atomic E-state index is 14.7. The Morgan fingerprint density at radius 2 is 1.64 bits per heavy atom. The van der Waals surface area contributed by atoms with Gasteiger partial charge >= 0.3 is 6.09 Å². The summed E-state index contributed by atoms with van der Waals surface area (Å²) in [6, 6.07) is 10.2. The van der Waals surface area contributed by atoms with Crippen LogP contribution in [0.3, 0.4) is 0 Å². The Bertz CT molecular complexity index is 1360. The Labute approximate surface area is 250 Å². The molecule has 0 aromatic heterocycles. The molecule has 0 unspecified atom stereocenters. The summed E-state index contributed by atoms with van der Waals surface area (Å²) >= 11 is 0. The number of amides is 1. The van der Waals surface area contributed by atoms with Crippen LogP contribution in [0, 0.1) is 39.4 Å². The summed E-state index contributed by atoms with van der Waals surface area (Å²) in [4.78, 5) is 30.1. The number of fused-ring (bicyclic) bond motifs is 2. The second kappa shape index (κ2) is 9.06. The monoisotopic (exact) mass is 569 g/mol. The molecule has 7 aliphatic carbocycles. The molecule has 1 aromatic carbocycles.